The molecule has 1 aliphatic rings. The Morgan fingerprint density at radius 1 is 1.58 bits per heavy atom. The molecule has 0 spiro atoms. The average Bonchev–Trinajstić information content (AvgIpc) is 2.79. The molecule has 2 atom stereocenters. The smallest absolute Gasteiger partial charge is 0.0761 e. The summed E-state index contributed by atoms with van der Waals surface area (Å²) < 4.78 is 0. The van der Waals surface area contributed by atoms with Crippen LogP contribution in [-0.2, 0) is 0 Å². The van der Waals surface area contributed by atoms with Crippen molar-refractivity contribution in [3.8, 4) is 0 Å². The Bertz CT molecular complexity index is 243. The number of thiophene rings is 1. The van der Waals surface area contributed by atoms with Crippen molar-refractivity contribution >= 4 is 11.3 Å². The fourth-order valence-electron chi connectivity index (χ4n) is 1.39. The Morgan fingerprint density at radius 2 is 2.33 bits per heavy atom. The monoisotopic (exact) mass is 183 g/mol. The maximum atomic E-state index is 9.71. The second kappa shape index (κ2) is 3.17. The van der Waals surface area contributed by atoms with E-state index in [1.54, 1.807) is 11.3 Å². The Labute approximate surface area is 76.0 Å². The van der Waals surface area contributed by atoms with Crippen molar-refractivity contribution in [2.45, 2.75) is 25.0 Å². The second-order valence-electron chi connectivity index (χ2n) is 3.41. The van der Waals surface area contributed by atoms with Crippen LogP contribution in [0, 0.1) is 5.92 Å². The van der Waals surface area contributed by atoms with Crippen molar-refractivity contribution in [2.24, 2.45) is 11.7 Å². The Balaban J connectivity index is 2.03. The molecule has 0 saturated heterocycles. The summed E-state index contributed by atoms with van der Waals surface area (Å²) in [6.45, 7) is 0. The Morgan fingerprint density at radius 3 is 2.83 bits per heavy atom. The third-order valence-corrected chi connectivity index (χ3v) is 3.10. The predicted molar refractivity (Wildman–Crippen MR) is 50.0 cm³/mol. The number of rotatable bonds is 3. The molecule has 1 aromatic rings. The minimum Gasteiger partial charge on any atom is -0.391 e. The normalized spacial score (nSPS) is 22.2. The maximum absolute atomic E-state index is 9.71. The summed E-state index contributed by atoms with van der Waals surface area (Å²) in [4.78, 5) is 0. The van der Waals surface area contributed by atoms with Crippen molar-refractivity contribution in [1.29, 1.82) is 0 Å². The molecule has 12 heavy (non-hydrogen) atoms. The fraction of sp³-hybridized carbons (Fsp3) is 0.556. The molecule has 0 bridgehead atoms. The molecule has 0 radical (unpaired) electrons. The lowest BCUT2D eigenvalue weighted by molar-refractivity contribution is 0.122. The third-order valence-electron chi connectivity index (χ3n) is 2.40. The highest BCUT2D eigenvalue weighted by Crippen LogP contribution is 2.37. The Kier molecular flexibility index (Phi) is 2.17. The van der Waals surface area contributed by atoms with Gasteiger partial charge in [0.05, 0.1) is 12.1 Å². The summed E-state index contributed by atoms with van der Waals surface area (Å²) in [6.07, 6.45) is 1.94. The van der Waals surface area contributed by atoms with Gasteiger partial charge >= 0.3 is 0 Å². The summed E-state index contributed by atoms with van der Waals surface area (Å²) >= 11 is 1.63. The molecule has 1 aliphatic carbocycles. The molecule has 66 valence electrons. The lowest BCUT2D eigenvalue weighted by Gasteiger charge is -2.16. The zero-order chi connectivity index (χ0) is 8.55. The number of aliphatic hydroxyl groups is 1. The van der Waals surface area contributed by atoms with Crippen LogP contribution >= 0.6 is 11.3 Å². The van der Waals surface area contributed by atoms with E-state index in [0.717, 1.165) is 18.4 Å². The van der Waals surface area contributed by atoms with Gasteiger partial charge in [0, 0.05) is 0 Å². The summed E-state index contributed by atoms with van der Waals surface area (Å²) in [5.41, 5.74) is 6.95. The lowest BCUT2D eigenvalue weighted by Crippen LogP contribution is -2.27. The van der Waals surface area contributed by atoms with Crippen molar-refractivity contribution in [3.63, 3.8) is 0 Å². The van der Waals surface area contributed by atoms with Crippen molar-refractivity contribution in [2.75, 3.05) is 0 Å². The van der Waals surface area contributed by atoms with E-state index >= 15 is 0 Å². The molecule has 3 heteroatoms. The molecule has 1 saturated carbocycles. The van der Waals surface area contributed by atoms with Crippen LogP contribution in [0.4, 0.5) is 0 Å². The summed E-state index contributed by atoms with van der Waals surface area (Å²) in [5, 5.41) is 13.7. The van der Waals surface area contributed by atoms with Crippen molar-refractivity contribution < 1.29 is 5.11 Å². The first-order chi connectivity index (χ1) is 5.79. The number of aliphatic hydroxyl groups excluding tert-OH is 1. The van der Waals surface area contributed by atoms with E-state index in [9.17, 15) is 5.11 Å². The third kappa shape index (κ3) is 1.53. The zero-order valence-electron chi connectivity index (χ0n) is 6.81. The summed E-state index contributed by atoms with van der Waals surface area (Å²) in [5.74, 6) is 0.458. The highest BCUT2D eigenvalue weighted by Gasteiger charge is 2.34. The lowest BCUT2D eigenvalue weighted by atomic mass is 10.0. The van der Waals surface area contributed by atoms with Gasteiger partial charge in [0.15, 0.2) is 0 Å². The van der Waals surface area contributed by atoms with Gasteiger partial charge in [-0.05, 0) is 41.1 Å². The first kappa shape index (κ1) is 8.23. The quantitative estimate of drug-likeness (QED) is 0.746. The second-order valence-corrected chi connectivity index (χ2v) is 4.19. The highest BCUT2D eigenvalue weighted by atomic mass is 32.1. The molecule has 0 aliphatic heterocycles. The van der Waals surface area contributed by atoms with Crippen molar-refractivity contribution in [1.82, 2.24) is 0 Å². The van der Waals surface area contributed by atoms with E-state index < -0.39 is 0 Å². The SMILES string of the molecule is NC(c1ccsc1)C(O)C1CC1. The molecule has 2 rings (SSSR count). The van der Waals surface area contributed by atoms with Gasteiger partial charge in [0.2, 0.25) is 0 Å². The molecule has 0 amide bonds. The highest BCUT2D eigenvalue weighted by molar-refractivity contribution is 7.07. The van der Waals surface area contributed by atoms with E-state index in [2.05, 4.69) is 0 Å². The molecular formula is C9H13NOS. The van der Waals surface area contributed by atoms with Gasteiger partial charge in [-0.3, -0.25) is 0 Å². The van der Waals surface area contributed by atoms with Crippen LogP contribution in [0.1, 0.15) is 24.4 Å². The molecule has 1 aromatic heterocycles. The van der Waals surface area contributed by atoms with Crippen LogP contribution in [-0.4, -0.2) is 11.2 Å². The van der Waals surface area contributed by atoms with Gasteiger partial charge in [-0.25, -0.2) is 0 Å². The van der Waals surface area contributed by atoms with Gasteiger partial charge in [-0.2, -0.15) is 11.3 Å². The molecule has 1 fully saturated rings. The predicted octanol–water partition coefficient (Wildman–Crippen LogP) is 1.52. The van der Waals surface area contributed by atoms with Crippen molar-refractivity contribution in [3.05, 3.63) is 22.4 Å². The minimum absolute atomic E-state index is 0.177. The van der Waals surface area contributed by atoms with Gasteiger partial charge in [0.25, 0.3) is 0 Å². The van der Waals surface area contributed by atoms with E-state index in [0.29, 0.717) is 5.92 Å². The molecule has 0 aromatic carbocycles. The van der Waals surface area contributed by atoms with Crippen LogP contribution in [0.15, 0.2) is 16.8 Å². The van der Waals surface area contributed by atoms with Gasteiger partial charge in [-0.15, -0.1) is 0 Å². The average molecular weight is 183 g/mol. The Hall–Kier alpha value is -0.380. The minimum atomic E-state index is -0.334. The van der Waals surface area contributed by atoms with E-state index in [1.165, 1.54) is 0 Å². The van der Waals surface area contributed by atoms with Gasteiger partial charge in [-0.1, -0.05) is 0 Å². The topological polar surface area (TPSA) is 46.2 Å². The number of hydrogen-bond donors (Lipinski definition) is 2. The van der Waals surface area contributed by atoms with Crippen LogP contribution < -0.4 is 5.73 Å². The largest absolute Gasteiger partial charge is 0.391 e. The van der Waals surface area contributed by atoms with Crippen LogP contribution in [0.5, 0.6) is 0 Å². The zero-order valence-corrected chi connectivity index (χ0v) is 7.63. The van der Waals surface area contributed by atoms with E-state index in [-0.39, 0.29) is 12.1 Å². The fourth-order valence-corrected chi connectivity index (χ4v) is 2.10. The first-order valence-electron chi connectivity index (χ1n) is 4.25. The van der Waals surface area contributed by atoms with Crippen LogP contribution in [0.3, 0.4) is 0 Å². The van der Waals surface area contributed by atoms with Crippen LogP contribution in [0.2, 0.25) is 0 Å². The first-order valence-corrected chi connectivity index (χ1v) is 5.19. The van der Waals surface area contributed by atoms with E-state index in [1.807, 2.05) is 16.8 Å². The van der Waals surface area contributed by atoms with Gasteiger partial charge in [0.1, 0.15) is 0 Å². The summed E-state index contributed by atoms with van der Waals surface area (Å²) in [6, 6.07) is 1.81. The number of hydrogen-bond acceptors (Lipinski definition) is 3. The number of nitrogens with two attached hydrogens (primary N) is 1. The molecule has 2 nitrogen and oxygen atoms in total. The molecule has 1 heterocycles. The maximum Gasteiger partial charge on any atom is 0.0761 e. The molecular weight excluding hydrogens is 170 g/mol. The standard InChI is InChI=1S/C9H13NOS/c10-8(7-3-4-12-5-7)9(11)6-1-2-6/h3-6,8-9,11H,1-2,10H2. The van der Waals surface area contributed by atoms with E-state index in [4.69, 9.17) is 5.73 Å². The molecule has 3 N–H and O–H groups in total. The van der Waals surface area contributed by atoms with Gasteiger partial charge < -0.3 is 10.8 Å². The summed E-state index contributed by atoms with van der Waals surface area (Å²) in [7, 11) is 0. The van der Waals surface area contributed by atoms with Crippen LogP contribution in [0.25, 0.3) is 0 Å². The molecule has 2 unspecified atom stereocenters.